The van der Waals surface area contributed by atoms with Gasteiger partial charge in [0.2, 0.25) is 0 Å². The molecule has 0 amide bonds. The van der Waals surface area contributed by atoms with Crippen molar-refractivity contribution in [1.82, 2.24) is 0 Å². The number of nitrogen functional groups attached to an aromatic ring is 1. The summed E-state index contributed by atoms with van der Waals surface area (Å²) in [6, 6.07) is 5.99. The Balaban J connectivity index is 3.10. The molecular formula is C9H12ClN. The molecule has 0 saturated heterocycles. The highest BCUT2D eigenvalue weighted by Gasteiger charge is 2.00. The third kappa shape index (κ3) is 1.66. The Hall–Kier alpha value is -0.690. The van der Waals surface area contributed by atoms with E-state index >= 15 is 0 Å². The third-order valence-corrected chi connectivity index (χ3v) is 2.10. The largest absolute Gasteiger partial charge is 0.398 e. The second kappa shape index (κ2) is 3.63. The summed E-state index contributed by atoms with van der Waals surface area (Å²) >= 11 is 5.68. The molecule has 0 aliphatic carbocycles. The summed E-state index contributed by atoms with van der Waals surface area (Å²) in [6.07, 6.45) is 0.969. The summed E-state index contributed by atoms with van der Waals surface area (Å²) in [6.45, 7) is 2.09. The topological polar surface area (TPSA) is 26.0 Å². The molecule has 0 radical (unpaired) electrons. The normalized spacial score (nSPS) is 10.0. The number of aryl methyl sites for hydroxylation is 1. The minimum absolute atomic E-state index is 0.500. The van der Waals surface area contributed by atoms with Crippen molar-refractivity contribution >= 4 is 17.3 Å². The highest BCUT2D eigenvalue weighted by molar-refractivity contribution is 6.17. The average Bonchev–Trinajstić information content (AvgIpc) is 2.05. The van der Waals surface area contributed by atoms with Crippen LogP contribution in [-0.4, -0.2) is 0 Å². The Labute approximate surface area is 72.2 Å². The minimum atomic E-state index is 0.500. The first-order valence-corrected chi connectivity index (χ1v) is 4.25. The number of rotatable bonds is 2. The van der Waals surface area contributed by atoms with E-state index in [4.69, 9.17) is 17.3 Å². The lowest BCUT2D eigenvalue weighted by Crippen LogP contribution is -1.96. The number of hydrogen-bond donors (Lipinski definition) is 1. The molecule has 0 spiro atoms. The zero-order valence-corrected chi connectivity index (χ0v) is 7.36. The molecule has 0 aliphatic rings. The SMILES string of the molecule is CCc1cccc(CCl)c1N. The maximum atomic E-state index is 5.82. The van der Waals surface area contributed by atoms with Gasteiger partial charge in [0, 0.05) is 11.6 Å². The fourth-order valence-electron chi connectivity index (χ4n) is 1.09. The van der Waals surface area contributed by atoms with Crippen LogP contribution in [0, 0.1) is 0 Å². The van der Waals surface area contributed by atoms with Crippen LogP contribution in [0.2, 0.25) is 0 Å². The van der Waals surface area contributed by atoms with Crippen molar-refractivity contribution in [2.24, 2.45) is 0 Å². The van der Waals surface area contributed by atoms with Gasteiger partial charge in [0.1, 0.15) is 0 Å². The van der Waals surface area contributed by atoms with Crippen molar-refractivity contribution < 1.29 is 0 Å². The Morgan fingerprint density at radius 2 is 2.00 bits per heavy atom. The van der Waals surface area contributed by atoms with Crippen molar-refractivity contribution in [2.45, 2.75) is 19.2 Å². The standard InChI is InChI=1S/C9H12ClN/c1-2-7-4-3-5-8(6-10)9(7)11/h3-5H,2,6,11H2,1H3. The molecule has 0 fully saturated rings. The molecule has 11 heavy (non-hydrogen) atoms. The maximum Gasteiger partial charge on any atom is 0.0494 e. The van der Waals surface area contributed by atoms with E-state index in [0.29, 0.717) is 5.88 Å². The van der Waals surface area contributed by atoms with Gasteiger partial charge in [-0.05, 0) is 17.5 Å². The van der Waals surface area contributed by atoms with Crippen LogP contribution in [0.5, 0.6) is 0 Å². The van der Waals surface area contributed by atoms with E-state index in [1.807, 2.05) is 18.2 Å². The number of anilines is 1. The van der Waals surface area contributed by atoms with E-state index in [-0.39, 0.29) is 0 Å². The van der Waals surface area contributed by atoms with Crippen molar-refractivity contribution in [3.05, 3.63) is 29.3 Å². The monoisotopic (exact) mass is 169 g/mol. The van der Waals surface area contributed by atoms with Crippen LogP contribution in [0.25, 0.3) is 0 Å². The van der Waals surface area contributed by atoms with Crippen molar-refractivity contribution in [3.63, 3.8) is 0 Å². The summed E-state index contributed by atoms with van der Waals surface area (Å²) < 4.78 is 0. The summed E-state index contributed by atoms with van der Waals surface area (Å²) in [5, 5.41) is 0. The quantitative estimate of drug-likeness (QED) is 0.535. The summed E-state index contributed by atoms with van der Waals surface area (Å²) in [5.74, 6) is 0.500. The van der Waals surface area contributed by atoms with Crippen LogP contribution in [0.4, 0.5) is 5.69 Å². The van der Waals surface area contributed by atoms with E-state index in [1.54, 1.807) is 0 Å². The fraction of sp³-hybridized carbons (Fsp3) is 0.333. The molecule has 0 atom stereocenters. The van der Waals surface area contributed by atoms with Crippen molar-refractivity contribution in [2.75, 3.05) is 5.73 Å². The lowest BCUT2D eigenvalue weighted by Gasteiger charge is -2.05. The molecule has 2 heteroatoms. The second-order valence-electron chi connectivity index (χ2n) is 2.48. The number of alkyl halides is 1. The van der Waals surface area contributed by atoms with Gasteiger partial charge in [-0.1, -0.05) is 25.1 Å². The van der Waals surface area contributed by atoms with Crippen molar-refractivity contribution in [3.8, 4) is 0 Å². The second-order valence-corrected chi connectivity index (χ2v) is 2.74. The first-order chi connectivity index (χ1) is 5.29. The smallest absolute Gasteiger partial charge is 0.0494 e. The van der Waals surface area contributed by atoms with E-state index in [1.165, 1.54) is 5.56 Å². The number of nitrogens with two attached hydrogens (primary N) is 1. The lowest BCUT2D eigenvalue weighted by atomic mass is 10.1. The zero-order valence-electron chi connectivity index (χ0n) is 6.60. The minimum Gasteiger partial charge on any atom is -0.398 e. The lowest BCUT2D eigenvalue weighted by molar-refractivity contribution is 1.13. The Morgan fingerprint density at radius 3 is 2.55 bits per heavy atom. The molecule has 60 valence electrons. The molecule has 0 saturated carbocycles. The highest BCUT2D eigenvalue weighted by atomic mass is 35.5. The molecule has 0 aliphatic heterocycles. The molecule has 1 aromatic rings. The van der Waals surface area contributed by atoms with Crippen LogP contribution in [0.15, 0.2) is 18.2 Å². The molecule has 1 rings (SSSR count). The maximum absolute atomic E-state index is 5.82. The molecule has 1 nitrogen and oxygen atoms in total. The van der Waals surface area contributed by atoms with Crippen LogP contribution in [0.3, 0.4) is 0 Å². The van der Waals surface area contributed by atoms with Crippen LogP contribution < -0.4 is 5.73 Å². The molecule has 0 aromatic heterocycles. The number of para-hydroxylation sites is 1. The van der Waals surface area contributed by atoms with Gasteiger partial charge in [-0.15, -0.1) is 11.6 Å². The van der Waals surface area contributed by atoms with E-state index in [0.717, 1.165) is 17.7 Å². The Bertz CT molecular complexity index is 223. The van der Waals surface area contributed by atoms with Crippen LogP contribution in [-0.2, 0) is 12.3 Å². The molecule has 0 unspecified atom stereocenters. The highest BCUT2D eigenvalue weighted by Crippen LogP contribution is 2.19. The fourth-order valence-corrected chi connectivity index (χ4v) is 1.32. The van der Waals surface area contributed by atoms with Gasteiger partial charge in [0.05, 0.1) is 0 Å². The molecule has 0 bridgehead atoms. The molecule has 2 N–H and O–H groups in total. The number of hydrogen-bond acceptors (Lipinski definition) is 1. The van der Waals surface area contributed by atoms with Gasteiger partial charge >= 0.3 is 0 Å². The third-order valence-electron chi connectivity index (χ3n) is 1.81. The van der Waals surface area contributed by atoms with E-state index in [2.05, 4.69) is 6.92 Å². The molecule has 1 aromatic carbocycles. The van der Waals surface area contributed by atoms with Crippen molar-refractivity contribution in [1.29, 1.82) is 0 Å². The number of halogens is 1. The zero-order chi connectivity index (χ0) is 8.27. The van der Waals surface area contributed by atoms with E-state index in [9.17, 15) is 0 Å². The van der Waals surface area contributed by atoms with Gasteiger partial charge in [-0.3, -0.25) is 0 Å². The first-order valence-electron chi connectivity index (χ1n) is 3.71. The average molecular weight is 170 g/mol. The number of benzene rings is 1. The Kier molecular flexibility index (Phi) is 2.77. The van der Waals surface area contributed by atoms with Gasteiger partial charge in [0.15, 0.2) is 0 Å². The predicted octanol–water partition coefficient (Wildman–Crippen LogP) is 2.57. The van der Waals surface area contributed by atoms with E-state index < -0.39 is 0 Å². The van der Waals surface area contributed by atoms with Gasteiger partial charge in [0.25, 0.3) is 0 Å². The summed E-state index contributed by atoms with van der Waals surface area (Å²) in [5.41, 5.74) is 8.89. The summed E-state index contributed by atoms with van der Waals surface area (Å²) in [4.78, 5) is 0. The first kappa shape index (κ1) is 8.41. The van der Waals surface area contributed by atoms with Gasteiger partial charge in [-0.2, -0.15) is 0 Å². The Morgan fingerprint density at radius 1 is 1.36 bits per heavy atom. The summed E-state index contributed by atoms with van der Waals surface area (Å²) in [7, 11) is 0. The van der Waals surface area contributed by atoms with Gasteiger partial charge < -0.3 is 5.73 Å². The molecular weight excluding hydrogens is 158 g/mol. The predicted molar refractivity (Wildman–Crippen MR) is 49.8 cm³/mol. The molecule has 0 heterocycles. The van der Waals surface area contributed by atoms with Gasteiger partial charge in [-0.25, -0.2) is 0 Å². The van der Waals surface area contributed by atoms with Crippen LogP contribution >= 0.6 is 11.6 Å². The van der Waals surface area contributed by atoms with Crippen LogP contribution in [0.1, 0.15) is 18.1 Å².